The predicted octanol–water partition coefficient (Wildman–Crippen LogP) is 6.35. The zero-order chi connectivity index (χ0) is 21.3. The molecule has 3 rings (SSSR count). The Morgan fingerprint density at radius 2 is 1.68 bits per heavy atom. The van der Waals surface area contributed by atoms with E-state index in [1.807, 2.05) is 25.1 Å². The van der Waals surface area contributed by atoms with Gasteiger partial charge in [0.15, 0.2) is 11.5 Å². The number of hydrogen-bond acceptors (Lipinski definition) is 3. The van der Waals surface area contributed by atoms with E-state index < -0.39 is 0 Å². The third kappa shape index (κ3) is 7.39. The summed E-state index contributed by atoms with van der Waals surface area (Å²) in [4.78, 5) is 0. The van der Waals surface area contributed by atoms with Crippen LogP contribution >= 0.6 is 24.0 Å². The van der Waals surface area contributed by atoms with Gasteiger partial charge in [-0.05, 0) is 66.9 Å². The van der Waals surface area contributed by atoms with Gasteiger partial charge in [-0.3, -0.25) is 0 Å². The Morgan fingerprint density at radius 1 is 0.935 bits per heavy atom. The summed E-state index contributed by atoms with van der Waals surface area (Å²) in [5.74, 6) is 0.526. The highest BCUT2D eigenvalue weighted by molar-refractivity contribution is 6.32. The molecule has 0 saturated heterocycles. The summed E-state index contributed by atoms with van der Waals surface area (Å²) < 4.78 is 38.3. The summed E-state index contributed by atoms with van der Waals surface area (Å²) in [6.45, 7) is 3.79. The first kappa shape index (κ1) is 24.9. The molecule has 0 aliphatic carbocycles. The maximum absolute atomic E-state index is 13.7. The first-order chi connectivity index (χ1) is 14.6. The molecule has 0 aliphatic rings. The lowest BCUT2D eigenvalue weighted by atomic mass is 10.1. The van der Waals surface area contributed by atoms with Crippen molar-refractivity contribution in [2.75, 3.05) is 13.2 Å². The van der Waals surface area contributed by atoms with Crippen molar-refractivity contribution in [3.63, 3.8) is 0 Å². The van der Waals surface area contributed by atoms with E-state index in [1.54, 1.807) is 24.3 Å². The van der Waals surface area contributed by atoms with Crippen molar-refractivity contribution in [3.8, 4) is 11.5 Å². The van der Waals surface area contributed by atoms with E-state index in [0.29, 0.717) is 48.2 Å². The molecule has 0 unspecified atom stereocenters. The van der Waals surface area contributed by atoms with E-state index >= 15 is 0 Å². The van der Waals surface area contributed by atoms with Crippen LogP contribution in [0.1, 0.15) is 23.6 Å². The molecule has 31 heavy (non-hydrogen) atoms. The number of benzene rings is 3. The molecule has 7 heteroatoms. The van der Waals surface area contributed by atoms with Gasteiger partial charge >= 0.3 is 0 Å². The van der Waals surface area contributed by atoms with Gasteiger partial charge in [0, 0.05) is 6.54 Å². The van der Waals surface area contributed by atoms with Gasteiger partial charge in [0.2, 0.25) is 0 Å². The maximum Gasteiger partial charge on any atom is 0.180 e. The highest BCUT2D eigenvalue weighted by atomic mass is 35.5. The number of rotatable bonds is 10. The Labute approximate surface area is 192 Å². The molecule has 0 amide bonds. The molecule has 0 aliphatic heterocycles. The van der Waals surface area contributed by atoms with Gasteiger partial charge < -0.3 is 14.8 Å². The van der Waals surface area contributed by atoms with Crippen molar-refractivity contribution in [3.05, 3.63) is 94.0 Å². The quantitative estimate of drug-likeness (QED) is 0.352. The van der Waals surface area contributed by atoms with Crippen LogP contribution in [0.25, 0.3) is 0 Å². The van der Waals surface area contributed by atoms with Gasteiger partial charge in [-0.2, -0.15) is 0 Å². The fourth-order valence-corrected chi connectivity index (χ4v) is 3.31. The van der Waals surface area contributed by atoms with Crippen molar-refractivity contribution in [2.24, 2.45) is 0 Å². The van der Waals surface area contributed by atoms with Crippen molar-refractivity contribution in [2.45, 2.75) is 26.5 Å². The van der Waals surface area contributed by atoms with Crippen LogP contribution < -0.4 is 14.8 Å². The maximum atomic E-state index is 13.7. The van der Waals surface area contributed by atoms with Crippen LogP contribution in [0.5, 0.6) is 11.5 Å². The number of hydrogen-bond donors (Lipinski definition) is 1. The summed E-state index contributed by atoms with van der Waals surface area (Å²) in [7, 11) is 0. The van der Waals surface area contributed by atoms with E-state index in [9.17, 15) is 8.78 Å². The average Bonchev–Trinajstić information content (AvgIpc) is 2.73. The molecule has 0 heterocycles. The van der Waals surface area contributed by atoms with Gasteiger partial charge in [0.25, 0.3) is 0 Å². The topological polar surface area (TPSA) is 30.5 Å². The minimum Gasteiger partial charge on any atom is -0.490 e. The molecule has 166 valence electrons. The lowest BCUT2D eigenvalue weighted by Crippen LogP contribution is -2.17. The Balaban J connectivity index is 0.00000341. The van der Waals surface area contributed by atoms with E-state index in [-0.39, 0.29) is 30.6 Å². The molecular formula is C24H25Cl2F2NO2. The molecule has 3 aromatic carbocycles. The van der Waals surface area contributed by atoms with Crippen LogP contribution in [0.3, 0.4) is 0 Å². The normalized spacial score (nSPS) is 10.5. The predicted molar refractivity (Wildman–Crippen MR) is 122 cm³/mol. The smallest absolute Gasteiger partial charge is 0.180 e. The molecule has 0 aromatic heterocycles. The third-order valence-corrected chi connectivity index (χ3v) is 4.80. The van der Waals surface area contributed by atoms with E-state index in [1.165, 1.54) is 18.2 Å². The average molecular weight is 468 g/mol. The Morgan fingerprint density at radius 3 is 2.39 bits per heavy atom. The zero-order valence-electron chi connectivity index (χ0n) is 17.2. The number of ether oxygens (including phenoxy) is 2. The first-order valence-corrected chi connectivity index (χ1v) is 10.2. The van der Waals surface area contributed by atoms with Crippen molar-refractivity contribution >= 4 is 24.0 Å². The molecular weight excluding hydrogens is 443 g/mol. The number of nitrogens with one attached hydrogen (secondary N) is 1. The Hall–Kier alpha value is -2.34. The van der Waals surface area contributed by atoms with Crippen LogP contribution in [-0.2, 0) is 19.6 Å². The van der Waals surface area contributed by atoms with Crippen molar-refractivity contribution in [1.29, 1.82) is 0 Å². The fourth-order valence-electron chi connectivity index (χ4n) is 3.02. The molecule has 0 radical (unpaired) electrons. The van der Waals surface area contributed by atoms with Crippen molar-refractivity contribution in [1.82, 2.24) is 5.32 Å². The van der Waals surface area contributed by atoms with E-state index in [4.69, 9.17) is 21.1 Å². The molecule has 3 aromatic rings. The standard InChI is InChI=1S/C24H24ClF2NO2.ClH/c1-2-29-23-14-18(15-28-12-11-19-5-3-4-6-22(19)27)13-21(25)24(23)30-16-17-7-9-20(26)10-8-17;/h3-10,13-14,28H,2,11-12,15-16H2,1H3;1H. The summed E-state index contributed by atoms with van der Waals surface area (Å²) in [6, 6.07) is 16.6. The second-order valence-corrected chi connectivity index (χ2v) is 7.18. The van der Waals surface area contributed by atoms with E-state index in [0.717, 1.165) is 11.1 Å². The molecule has 3 nitrogen and oxygen atoms in total. The highest BCUT2D eigenvalue weighted by Crippen LogP contribution is 2.37. The Bertz CT molecular complexity index is 968. The minimum absolute atomic E-state index is 0. The molecule has 0 saturated carbocycles. The molecule has 0 bridgehead atoms. The van der Waals surface area contributed by atoms with Gasteiger partial charge in [-0.1, -0.05) is 41.9 Å². The second kappa shape index (κ2) is 12.5. The highest BCUT2D eigenvalue weighted by Gasteiger charge is 2.13. The summed E-state index contributed by atoms with van der Waals surface area (Å²) in [5, 5.41) is 3.74. The van der Waals surface area contributed by atoms with Gasteiger partial charge in [0.05, 0.1) is 11.6 Å². The lowest BCUT2D eigenvalue weighted by Gasteiger charge is -2.16. The minimum atomic E-state index is -0.293. The van der Waals surface area contributed by atoms with Crippen LogP contribution in [0.2, 0.25) is 5.02 Å². The van der Waals surface area contributed by atoms with Crippen LogP contribution in [-0.4, -0.2) is 13.2 Å². The second-order valence-electron chi connectivity index (χ2n) is 6.77. The Kier molecular flexibility index (Phi) is 10.0. The number of halogens is 4. The summed E-state index contributed by atoms with van der Waals surface area (Å²) in [5.41, 5.74) is 2.45. The molecule has 0 atom stereocenters. The van der Waals surface area contributed by atoms with Crippen molar-refractivity contribution < 1.29 is 18.3 Å². The third-order valence-electron chi connectivity index (χ3n) is 4.52. The zero-order valence-corrected chi connectivity index (χ0v) is 18.7. The monoisotopic (exact) mass is 467 g/mol. The van der Waals surface area contributed by atoms with Crippen LogP contribution in [0.15, 0.2) is 60.7 Å². The lowest BCUT2D eigenvalue weighted by molar-refractivity contribution is 0.269. The molecule has 1 N–H and O–H groups in total. The molecule has 0 spiro atoms. The van der Waals surface area contributed by atoms with Gasteiger partial charge in [-0.25, -0.2) is 8.78 Å². The van der Waals surface area contributed by atoms with Crippen LogP contribution in [0, 0.1) is 11.6 Å². The summed E-state index contributed by atoms with van der Waals surface area (Å²) >= 11 is 6.45. The first-order valence-electron chi connectivity index (χ1n) is 9.83. The largest absolute Gasteiger partial charge is 0.490 e. The van der Waals surface area contributed by atoms with Gasteiger partial charge in [-0.15, -0.1) is 12.4 Å². The van der Waals surface area contributed by atoms with Crippen LogP contribution in [0.4, 0.5) is 8.78 Å². The van der Waals surface area contributed by atoms with Gasteiger partial charge in [0.1, 0.15) is 18.2 Å². The SMILES string of the molecule is CCOc1cc(CNCCc2ccccc2F)cc(Cl)c1OCc1ccc(F)cc1.Cl. The fraction of sp³-hybridized carbons (Fsp3) is 0.250. The summed E-state index contributed by atoms with van der Waals surface area (Å²) in [6.07, 6.45) is 0.595. The van der Waals surface area contributed by atoms with E-state index in [2.05, 4.69) is 5.32 Å². The molecule has 0 fully saturated rings.